The molecule has 0 aromatic heterocycles. The summed E-state index contributed by atoms with van der Waals surface area (Å²) in [6, 6.07) is -0.245. The normalized spacial score (nSPS) is 13.5. The Balaban J connectivity index is 2.96. The molecule has 14 N–H and O–H groups in total. The van der Waals surface area contributed by atoms with E-state index < -0.39 is 72.6 Å². The van der Waals surface area contributed by atoms with E-state index in [9.17, 15) is 44.1 Å². The number of aliphatic carboxylic acids is 2. The molecule has 4 atom stereocenters. The average molecular weight is 567 g/mol. The summed E-state index contributed by atoms with van der Waals surface area (Å²) in [6.07, 6.45) is -1.63. The Hall–Kier alpha value is -4.93. The van der Waals surface area contributed by atoms with Gasteiger partial charge in [0.05, 0.1) is 18.9 Å². The van der Waals surface area contributed by atoms with Crippen LogP contribution in [-0.4, -0.2) is 87.6 Å². The predicted molar refractivity (Wildman–Crippen MR) is 139 cm³/mol. The summed E-state index contributed by atoms with van der Waals surface area (Å²) in [5.74, 6) is -7.28. The number of nitrogens with one attached hydrogen (secondary N) is 3. The SMILES string of the molecule is NC(=O)CC(NC(=O)C(N)Cc1ccc(O)cc1)C(=O)NC(CC(=O)O)C(=O)NC(CCCN=C(N)N)C(=O)O. The van der Waals surface area contributed by atoms with Gasteiger partial charge in [0.15, 0.2) is 5.96 Å². The molecule has 0 aliphatic rings. The number of rotatable bonds is 17. The summed E-state index contributed by atoms with van der Waals surface area (Å²) in [5, 5.41) is 34.5. The molecular formula is C23H34N8O9. The summed E-state index contributed by atoms with van der Waals surface area (Å²) >= 11 is 0. The third-order valence-corrected chi connectivity index (χ3v) is 5.34. The number of nitrogens with zero attached hydrogens (tertiary/aromatic N) is 1. The van der Waals surface area contributed by atoms with Gasteiger partial charge < -0.3 is 54.2 Å². The second kappa shape index (κ2) is 16.1. The lowest BCUT2D eigenvalue weighted by atomic mass is 10.0. The van der Waals surface area contributed by atoms with Crippen LogP contribution in [0.4, 0.5) is 0 Å². The van der Waals surface area contributed by atoms with Gasteiger partial charge in [-0.3, -0.25) is 29.0 Å². The fraction of sp³-hybridized carbons (Fsp3) is 0.435. The molecule has 17 heteroatoms. The predicted octanol–water partition coefficient (Wildman–Crippen LogP) is -3.80. The van der Waals surface area contributed by atoms with Crippen LogP contribution in [0.15, 0.2) is 29.3 Å². The molecule has 1 rings (SSSR count). The standard InChI is InChI=1S/C23H34N8O9/c24-13(8-11-3-5-12(32)6-4-11)19(36)30-15(9-17(25)33)20(37)31-16(10-18(34)35)21(38)29-14(22(39)40)2-1-7-28-23(26)27/h3-6,13-16,32H,1-2,7-10,24H2,(H2,25,33)(H,29,38)(H,30,36)(H,31,37)(H,34,35)(H,39,40)(H4,26,27,28). The van der Waals surface area contributed by atoms with Crippen molar-refractivity contribution in [1.29, 1.82) is 0 Å². The topological polar surface area (TPSA) is 316 Å². The number of amides is 4. The van der Waals surface area contributed by atoms with E-state index in [1.807, 2.05) is 0 Å². The van der Waals surface area contributed by atoms with Gasteiger partial charge in [-0.2, -0.15) is 0 Å². The molecule has 0 saturated carbocycles. The molecule has 40 heavy (non-hydrogen) atoms. The third-order valence-electron chi connectivity index (χ3n) is 5.34. The van der Waals surface area contributed by atoms with Gasteiger partial charge in [0.2, 0.25) is 23.6 Å². The number of hydrogen-bond acceptors (Lipinski definition) is 9. The van der Waals surface area contributed by atoms with Crippen molar-refractivity contribution >= 4 is 41.5 Å². The van der Waals surface area contributed by atoms with E-state index in [1.54, 1.807) is 0 Å². The lowest BCUT2D eigenvalue weighted by Crippen LogP contribution is -2.58. The number of hydrogen-bond donors (Lipinski definition) is 10. The number of nitrogens with two attached hydrogens (primary N) is 4. The number of aromatic hydroxyl groups is 1. The van der Waals surface area contributed by atoms with Gasteiger partial charge in [0.1, 0.15) is 23.9 Å². The van der Waals surface area contributed by atoms with E-state index in [2.05, 4.69) is 20.9 Å². The van der Waals surface area contributed by atoms with Crippen molar-refractivity contribution in [2.45, 2.75) is 56.3 Å². The molecule has 4 unspecified atom stereocenters. The Labute approximate surface area is 228 Å². The Morgan fingerprint density at radius 1 is 0.800 bits per heavy atom. The number of primary amides is 1. The van der Waals surface area contributed by atoms with E-state index in [-0.39, 0.29) is 37.5 Å². The van der Waals surface area contributed by atoms with Crippen LogP contribution >= 0.6 is 0 Å². The minimum absolute atomic E-state index is 0.000497. The highest BCUT2D eigenvalue weighted by Crippen LogP contribution is 2.11. The van der Waals surface area contributed by atoms with Crippen molar-refractivity contribution in [2.75, 3.05) is 6.54 Å². The molecule has 0 aliphatic heterocycles. The van der Waals surface area contributed by atoms with Crippen LogP contribution in [0.5, 0.6) is 5.75 Å². The zero-order valence-electron chi connectivity index (χ0n) is 21.4. The number of guanidine groups is 1. The molecule has 0 fully saturated rings. The van der Waals surface area contributed by atoms with E-state index >= 15 is 0 Å². The smallest absolute Gasteiger partial charge is 0.326 e. The molecule has 1 aromatic carbocycles. The summed E-state index contributed by atoms with van der Waals surface area (Å²) in [5.41, 5.74) is 22.0. The average Bonchev–Trinajstić information content (AvgIpc) is 2.85. The van der Waals surface area contributed by atoms with Gasteiger partial charge in [0, 0.05) is 6.54 Å². The second-order valence-electron chi connectivity index (χ2n) is 8.72. The number of benzene rings is 1. The lowest BCUT2D eigenvalue weighted by molar-refractivity contribution is -0.144. The quantitative estimate of drug-likeness (QED) is 0.0493. The van der Waals surface area contributed by atoms with Crippen LogP contribution in [0.3, 0.4) is 0 Å². The molecule has 0 saturated heterocycles. The van der Waals surface area contributed by atoms with E-state index in [4.69, 9.17) is 22.9 Å². The number of aliphatic imine (C=N–C) groups is 1. The first-order chi connectivity index (χ1) is 18.7. The fourth-order valence-corrected chi connectivity index (χ4v) is 3.36. The summed E-state index contributed by atoms with van der Waals surface area (Å²) in [7, 11) is 0. The molecule has 4 amide bonds. The molecule has 220 valence electrons. The van der Waals surface area contributed by atoms with Crippen LogP contribution in [0.2, 0.25) is 0 Å². The molecular weight excluding hydrogens is 532 g/mol. The zero-order valence-corrected chi connectivity index (χ0v) is 21.4. The van der Waals surface area contributed by atoms with Crippen molar-refractivity contribution in [3.05, 3.63) is 29.8 Å². The van der Waals surface area contributed by atoms with Crippen molar-refractivity contribution < 1.29 is 44.1 Å². The largest absolute Gasteiger partial charge is 0.508 e. The fourth-order valence-electron chi connectivity index (χ4n) is 3.36. The maximum atomic E-state index is 12.9. The zero-order chi connectivity index (χ0) is 30.4. The summed E-state index contributed by atoms with van der Waals surface area (Å²) < 4.78 is 0. The molecule has 0 bridgehead atoms. The first kappa shape index (κ1) is 33.1. The molecule has 1 aromatic rings. The van der Waals surface area contributed by atoms with E-state index in [0.29, 0.717) is 5.56 Å². The van der Waals surface area contributed by atoms with E-state index in [1.165, 1.54) is 24.3 Å². The molecule has 0 aliphatic carbocycles. The molecule has 0 radical (unpaired) electrons. The minimum Gasteiger partial charge on any atom is -0.508 e. The third kappa shape index (κ3) is 12.5. The maximum Gasteiger partial charge on any atom is 0.326 e. The van der Waals surface area contributed by atoms with Gasteiger partial charge in [-0.1, -0.05) is 12.1 Å². The highest BCUT2D eigenvalue weighted by molar-refractivity contribution is 5.97. The minimum atomic E-state index is -1.78. The summed E-state index contributed by atoms with van der Waals surface area (Å²) in [4.78, 5) is 76.4. The van der Waals surface area contributed by atoms with Crippen LogP contribution in [0.25, 0.3) is 0 Å². The number of carboxylic acid groups (broad SMARTS) is 2. The van der Waals surface area contributed by atoms with Gasteiger partial charge in [-0.05, 0) is 37.0 Å². The van der Waals surface area contributed by atoms with Gasteiger partial charge in [-0.25, -0.2) is 4.79 Å². The molecule has 0 heterocycles. The second-order valence-corrected chi connectivity index (χ2v) is 8.72. The van der Waals surface area contributed by atoms with Gasteiger partial charge >= 0.3 is 11.9 Å². The number of phenolic OH excluding ortho intramolecular Hbond substituents is 1. The highest BCUT2D eigenvalue weighted by atomic mass is 16.4. The van der Waals surface area contributed by atoms with Gasteiger partial charge in [-0.15, -0.1) is 0 Å². The van der Waals surface area contributed by atoms with E-state index in [0.717, 1.165) is 0 Å². The van der Waals surface area contributed by atoms with Crippen molar-refractivity contribution in [2.24, 2.45) is 27.9 Å². The van der Waals surface area contributed by atoms with Crippen LogP contribution in [0, 0.1) is 0 Å². The van der Waals surface area contributed by atoms with Crippen molar-refractivity contribution in [3.8, 4) is 5.75 Å². The Morgan fingerprint density at radius 2 is 1.32 bits per heavy atom. The van der Waals surface area contributed by atoms with Crippen molar-refractivity contribution in [3.63, 3.8) is 0 Å². The Bertz CT molecular complexity index is 1110. The molecule has 17 nitrogen and oxygen atoms in total. The van der Waals surface area contributed by atoms with Crippen LogP contribution in [-0.2, 0) is 35.2 Å². The summed E-state index contributed by atoms with van der Waals surface area (Å²) in [6.45, 7) is 0.0701. The van der Waals surface area contributed by atoms with Crippen molar-refractivity contribution in [1.82, 2.24) is 16.0 Å². The Kier molecular flexibility index (Phi) is 13.3. The first-order valence-electron chi connectivity index (χ1n) is 11.9. The van der Waals surface area contributed by atoms with Crippen LogP contribution in [0.1, 0.15) is 31.2 Å². The monoisotopic (exact) mass is 566 g/mol. The lowest BCUT2D eigenvalue weighted by Gasteiger charge is -2.24. The number of carbonyl (C=O) groups is 6. The highest BCUT2D eigenvalue weighted by Gasteiger charge is 2.32. The number of carboxylic acids is 2. The number of carbonyl (C=O) groups excluding carboxylic acids is 4. The Morgan fingerprint density at radius 3 is 1.82 bits per heavy atom. The van der Waals surface area contributed by atoms with Gasteiger partial charge in [0.25, 0.3) is 0 Å². The maximum absolute atomic E-state index is 12.9. The first-order valence-corrected chi connectivity index (χ1v) is 11.9. The molecule has 0 spiro atoms. The van der Waals surface area contributed by atoms with Crippen LogP contribution < -0.4 is 38.9 Å². The number of phenols is 1.